The number of benzene rings is 2. The molecule has 40 heavy (non-hydrogen) atoms. The number of thiazole rings is 1. The van der Waals surface area contributed by atoms with E-state index in [2.05, 4.69) is 4.99 Å². The number of allylic oxidation sites excluding steroid dienone is 1. The fourth-order valence-corrected chi connectivity index (χ4v) is 5.59. The van der Waals surface area contributed by atoms with Crippen molar-refractivity contribution in [1.82, 2.24) is 4.57 Å². The van der Waals surface area contributed by atoms with Crippen molar-refractivity contribution in [3.63, 3.8) is 0 Å². The predicted octanol–water partition coefficient (Wildman–Crippen LogP) is 4.00. The summed E-state index contributed by atoms with van der Waals surface area (Å²) in [6.07, 6.45) is 1.78. The Balaban J connectivity index is 1.92. The molecule has 0 saturated heterocycles. The zero-order chi connectivity index (χ0) is 28.8. The Hall–Kier alpha value is -4.05. The Bertz CT molecular complexity index is 1600. The summed E-state index contributed by atoms with van der Waals surface area (Å²) in [5.41, 5.74) is 1.96. The minimum Gasteiger partial charge on any atom is -0.493 e. The normalized spacial score (nSPS) is 14.8. The number of fused-ring (bicyclic) bond motifs is 1. The molecule has 0 radical (unpaired) electrons. The zero-order valence-corrected chi connectivity index (χ0v) is 24.4. The fourth-order valence-electron chi connectivity index (χ4n) is 4.54. The summed E-state index contributed by atoms with van der Waals surface area (Å²) >= 11 is 1.25. The third-order valence-electron chi connectivity index (χ3n) is 6.19. The molecule has 2 aromatic carbocycles. The molecule has 0 saturated carbocycles. The molecular formula is C30H34N2O7S. The van der Waals surface area contributed by atoms with Crippen LogP contribution < -0.4 is 33.8 Å². The van der Waals surface area contributed by atoms with Gasteiger partial charge in [0.2, 0.25) is 0 Å². The Morgan fingerprint density at radius 1 is 0.925 bits per heavy atom. The molecule has 1 atom stereocenters. The second kappa shape index (κ2) is 12.9. The summed E-state index contributed by atoms with van der Waals surface area (Å²) in [4.78, 5) is 32.3. The lowest BCUT2D eigenvalue weighted by Gasteiger charge is -2.25. The van der Waals surface area contributed by atoms with Gasteiger partial charge in [0.05, 0.1) is 55.4 Å². The highest BCUT2D eigenvalue weighted by Crippen LogP contribution is 2.36. The molecule has 9 nitrogen and oxygen atoms in total. The number of hydrogen-bond acceptors (Lipinski definition) is 9. The third-order valence-corrected chi connectivity index (χ3v) is 7.17. The summed E-state index contributed by atoms with van der Waals surface area (Å²) in [7, 11) is 1.57. The van der Waals surface area contributed by atoms with Crippen LogP contribution in [0.4, 0.5) is 0 Å². The van der Waals surface area contributed by atoms with Gasteiger partial charge in [0.1, 0.15) is 0 Å². The quantitative estimate of drug-likeness (QED) is 0.324. The summed E-state index contributed by atoms with van der Waals surface area (Å²) in [5, 5.41) is 0. The summed E-state index contributed by atoms with van der Waals surface area (Å²) in [5.74, 6) is 1.79. The SMILES string of the molecule is CCOC(=O)C1=C(C)N=c2sc(=Cc3ccc(OCC)c(OC)c3)c(=O)n2C1c1ccc(OCC)c(OCC)c1. The maximum absolute atomic E-state index is 13.9. The predicted molar refractivity (Wildman–Crippen MR) is 153 cm³/mol. The molecule has 10 heteroatoms. The molecule has 0 aliphatic carbocycles. The van der Waals surface area contributed by atoms with E-state index in [1.54, 1.807) is 37.7 Å². The maximum atomic E-state index is 13.9. The highest BCUT2D eigenvalue weighted by atomic mass is 32.1. The molecule has 1 aliphatic rings. The maximum Gasteiger partial charge on any atom is 0.338 e. The van der Waals surface area contributed by atoms with E-state index in [1.807, 2.05) is 51.1 Å². The smallest absolute Gasteiger partial charge is 0.338 e. The van der Waals surface area contributed by atoms with Crippen LogP contribution in [0.15, 0.2) is 57.5 Å². The van der Waals surface area contributed by atoms with E-state index in [9.17, 15) is 9.59 Å². The summed E-state index contributed by atoms with van der Waals surface area (Å²) in [6.45, 7) is 10.8. The molecule has 0 amide bonds. The van der Waals surface area contributed by atoms with E-state index in [4.69, 9.17) is 23.7 Å². The van der Waals surface area contributed by atoms with E-state index in [1.165, 1.54) is 11.3 Å². The first kappa shape index (κ1) is 28.9. The molecule has 1 aliphatic heterocycles. The molecule has 1 unspecified atom stereocenters. The number of methoxy groups -OCH3 is 1. The van der Waals surface area contributed by atoms with Crippen LogP contribution in [-0.2, 0) is 9.53 Å². The topological polar surface area (TPSA) is 97.6 Å². The van der Waals surface area contributed by atoms with Gasteiger partial charge in [0.25, 0.3) is 5.56 Å². The van der Waals surface area contributed by atoms with Crippen molar-refractivity contribution in [2.24, 2.45) is 4.99 Å². The lowest BCUT2D eigenvalue weighted by atomic mass is 9.95. The van der Waals surface area contributed by atoms with E-state index in [0.29, 0.717) is 69.0 Å². The van der Waals surface area contributed by atoms with Crippen LogP contribution in [0.2, 0.25) is 0 Å². The first-order valence-electron chi connectivity index (χ1n) is 13.3. The molecule has 0 fully saturated rings. The van der Waals surface area contributed by atoms with Crippen molar-refractivity contribution in [3.8, 4) is 23.0 Å². The summed E-state index contributed by atoms with van der Waals surface area (Å²) in [6, 6.07) is 10.2. The first-order valence-corrected chi connectivity index (χ1v) is 14.1. The highest BCUT2D eigenvalue weighted by Gasteiger charge is 2.34. The van der Waals surface area contributed by atoms with Crippen molar-refractivity contribution >= 4 is 23.4 Å². The number of ether oxygens (including phenoxy) is 5. The van der Waals surface area contributed by atoms with Gasteiger partial charge in [-0.05, 0) is 76.1 Å². The average molecular weight is 567 g/mol. The van der Waals surface area contributed by atoms with Gasteiger partial charge in [-0.3, -0.25) is 9.36 Å². The van der Waals surface area contributed by atoms with Crippen LogP contribution in [0, 0.1) is 0 Å². The monoisotopic (exact) mass is 566 g/mol. The summed E-state index contributed by atoms with van der Waals surface area (Å²) < 4.78 is 30.1. The second-order valence-corrected chi connectivity index (χ2v) is 9.73. The fraction of sp³-hybridized carbons (Fsp3) is 0.367. The van der Waals surface area contributed by atoms with Crippen LogP contribution in [0.25, 0.3) is 6.08 Å². The first-order chi connectivity index (χ1) is 19.4. The number of hydrogen-bond donors (Lipinski definition) is 0. The van der Waals surface area contributed by atoms with Crippen LogP contribution in [0.5, 0.6) is 23.0 Å². The molecule has 0 bridgehead atoms. The number of carbonyl (C=O) groups excluding carboxylic acids is 1. The van der Waals surface area contributed by atoms with Crippen molar-refractivity contribution in [2.45, 2.75) is 40.7 Å². The molecule has 0 spiro atoms. The van der Waals surface area contributed by atoms with Crippen molar-refractivity contribution in [1.29, 1.82) is 0 Å². The minimum atomic E-state index is -0.762. The highest BCUT2D eigenvalue weighted by molar-refractivity contribution is 7.07. The van der Waals surface area contributed by atoms with Gasteiger partial charge in [0.15, 0.2) is 27.8 Å². The Labute approximate surface area is 236 Å². The van der Waals surface area contributed by atoms with Crippen LogP contribution in [-0.4, -0.2) is 44.1 Å². The Morgan fingerprint density at radius 3 is 2.23 bits per heavy atom. The molecule has 2 heterocycles. The Morgan fingerprint density at radius 2 is 1.57 bits per heavy atom. The van der Waals surface area contributed by atoms with Gasteiger partial charge in [0, 0.05) is 0 Å². The minimum absolute atomic E-state index is 0.194. The van der Waals surface area contributed by atoms with Gasteiger partial charge in [-0.25, -0.2) is 9.79 Å². The second-order valence-electron chi connectivity index (χ2n) is 8.72. The third kappa shape index (κ3) is 5.77. The lowest BCUT2D eigenvalue weighted by molar-refractivity contribution is -0.139. The van der Waals surface area contributed by atoms with Crippen molar-refractivity contribution in [3.05, 3.63) is 78.5 Å². The molecule has 0 N–H and O–H groups in total. The number of aromatic nitrogens is 1. The van der Waals surface area contributed by atoms with Gasteiger partial charge >= 0.3 is 5.97 Å². The molecule has 4 rings (SSSR count). The van der Waals surface area contributed by atoms with Crippen LogP contribution >= 0.6 is 11.3 Å². The number of esters is 1. The van der Waals surface area contributed by atoms with Crippen LogP contribution in [0.3, 0.4) is 0 Å². The average Bonchev–Trinajstić information content (AvgIpc) is 3.24. The van der Waals surface area contributed by atoms with E-state index in [-0.39, 0.29) is 12.2 Å². The van der Waals surface area contributed by atoms with Gasteiger partial charge < -0.3 is 23.7 Å². The number of nitrogens with zero attached hydrogens (tertiary/aromatic N) is 2. The van der Waals surface area contributed by atoms with E-state index < -0.39 is 12.0 Å². The van der Waals surface area contributed by atoms with Crippen LogP contribution in [0.1, 0.15) is 51.8 Å². The molecular weight excluding hydrogens is 532 g/mol. The molecule has 212 valence electrons. The number of rotatable bonds is 11. The zero-order valence-electron chi connectivity index (χ0n) is 23.6. The number of carbonyl (C=O) groups is 1. The van der Waals surface area contributed by atoms with Gasteiger partial charge in [-0.1, -0.05) is 23.5 Å². The lowest BCUT2D eigenvalue weighted by Crippen LogP contribution is -2.40. The van der Waals surface area contributed by atoms with E-state index in [0.717, 1.165) is 5.56 Å². The van der Waals surface area contributed by atoms with Gasteiger partial charge in [-0.15, -0.1) is 0 Å². The Kier molecular flexibility index (Phi) is 9.31. The molecule has 3 aromatic rings. The van der Waals surface area contributed by atoms with E-state index >= 15 is 0 Å². The van der Waals surface area contributed by atoms with Crippen molar-refractivity contribution < 1.29 is 28.5 Å². The van der Waals surface area contributed by atoms with Gasteiger partial charge in [-0.2, -0.15) is 0 Å². The molecule has 1 aromatic heterocycles. The van der Waals surface area contributed by atoms with Crippen molar-refractivity contribution in [2.75, 3.05) is 33.5 Å². The standard InChI is InChI=1S/C30H34N2O7S/c1-7-36-21-13-11-19(15-23(21)35-6)16-25-28(33)32-27(20-12-14-22(37-8-2)24(17-20)38-9-3)26(29(34)39-10-4)18(5)31-30(32)40-25/h11-17,27H,7-10H2,1-6H3. The largest absolute Gasteiger partial charge is 0.493 e.